The molecule has 2 N–H and O–H groups in total. The lowest BCUT2D eigenvalue weighted by Crippen LogP contribution is -2.17. The van der Waals surface area contributed by atoms with Crippen molar-refractivity contribution in [1.82, 2.24) is 14.9 Å². The maximum absolute atomic E-state index is 5.83. The lowest BCUT2D eigenvalue weighted by atomic mass is 10.2. The van der Waals surface area contributed by atoms with E-state index in [2.05, 4.69) is 15.6 Å². The summed E-state index contributed by atoms with van der Waals surface area (Å²) >= 11 is 11.0. The Labute approximate surface area is 122 Å². The van der Waals surface area contributed by atoms with Crippen molar-refractivity contribution in [2.75, 3.05) is 12.0 Å². The summed E-state index contributed by atoms with van der Waals surface area (Å²) in [7, 11) is 0. The molecule has 0 aliphatic carbocycles. The van der Waals surface area contributed by atoms with Gasteiger partial charge in [0.15, 0.2) is 5.82 Å². The highest BCUT2D eigenvalue weighted by atomic mass is 35.5. The number of halogens is 1. The third-order valence-corrected chi connectivity index (χ3v) is 3.13. The molecule has 19 heavy (non-hydrogen) atoms. The molecule has 0 aliphatic rings. The fourth-order valence-corrected chi connectivity index (χ4v) is 1.98. The molecule has 0 bridgehead atoms. The maximum atomic E-state index is 5.83. The van der Waals surface area contributed by atoms with E-state index < -0.39 is 0 Å². The molecule has 6 heteroatoms. The van der Waals surface area contributed by atoms with Crippen LogP contribution >= 0.6 is 23.8 Å². The SMILES string of the molecule is CCc1n[nH]c(=S)n1NCC=Cc1ccc(Cl)cc1. The van der Waals surface area contributed by atoms with Gasteiger partial charge in [-0.25, -0.2) is 4.68 Å². The average molecular weight is 295 g/mol. The first kappa shape index (κ1) is 13.8. The van der Waals surface area contributed by atoms with Crippen molar-refractivity contribution in [2.24, 2.45) is 0 Å². The van der Waals surface area contributed by atoms with E-state index in [9.17, 15) is 0 Å². The second-order valence-electron chi connectivity index (χ2n) is 3.95. The first-order valence-corrected chi connectivity index (χ1v) is 6.81. The molecule has 0 radical (unpaired) electrons. The molecule has 2 aromatic rings. The molecule has 0 atom stereocenters. The maximum Gasteiger partial charge on any atom is 0.214 e. The standard InChI is InChI=1S/C13H15ClN4S/c1-2-12-16-17-13(19)18(12)15-9-3-4-10-5-7-11(14)8-6-10/h3-8,15H,2,9H2,1H3,(H,17,19). The lowest BCUT2D eigenvalue weighted by Gasteiger charge is -2.05. The van der Waals surface area contributed by atoms with Crippen LogP contribution in [-0.4, -0.2) is 21.4 Å². The second kappa shape index (κ2) is 6.54. The first-order valence-electron chi connectivity index (χ1n) is 6.03. The highest BCUT2D eigenvalue weighted by Crippen LogP contribution is 2.10. The van der Waals surface area contributed by atoms with Crippen molar-refractivity contribution in [2.45, 2.75) is 13.3 Å². The third kappa shape index (κ3) is 3.68. The van der Waals surface area contributed by atoms with Gasteiger partial charge in [0.2, 0.25) is 4.77 Å². The van der Waals surface area contributed by atoms with E-state index in [-0.39, 0.29) is 0 Å². The molecule has 0 unspecified atom stereocenters. The zero-order valence-corrected chi connectivity index (χ0v) is 12.1. The van der Waals surface area contributed by atoms with Crippen LogP contribution in [-0.2, 0) is 6.42 Å². The fraction of sp³-hybridized carbons (Fsp3) is 0.231. The van der Waals surface area contributed by atoms with Gasteiger partial charge in [-0.1, -0.05) is 42.8 Å². The number of aromatic amines is 1. The van der Waals surface area contributed by atoms with Crippen LogP contribution in [0.15, 0.2) is 30.3 Å². The van der Waals surface area contributed by atoms with E-state index in [1.807, 2.05) is 43.3 Å². The zero-order chi connectivity index (χ0) is 13.7. The van der Waals surface area contributed by atoms with Crippen LogP contribution in [0.5, 0.6) is 0 Å². The number of nitrogens with zero attached hydrogens (tertiary/aromatic N) is 2. The van der Waals surface area contributed by atoms with Gasteiger partial charge < -0.3 is 5.43 Å². The van der Waals surface area contributed by atoms with Crippen molar-refractivity contribution >= 4 is 29.9 Å². The number of aromatic nitrogens is 3. The molecule has 0 fully saturated rings. The van der Waals surface area contributed by atoms with E-state index in [1.165, 1.54) is 0 Å². The smallest absolute Gasteiger partial charge is 0.214 e. The van der Waals surface area contributed by atoms with Crippen LogP contribution in [0.4, 0.5) is 0 Å². The Hall–Kier alpha value is -1.59. The minimum absolute atomic E-state index is 0.580. The average Bonchev–Trinajstić information content (AvgIpc) is 2.77. The Morgan fingerprint density at radius 1 is 1.42 bits per heavy atom. The molecule has 0 aliphatic heterocycles. The quantitative estimate of drug-likeness (QED) is 0.831. The van der Waals surface area contributed by atoms with Gasteiger partial charge in [0.05, 0.1) is 0 Å². The number of aryl methyl sites for hydroxylation is 1. The number of benzene rings is 1. The summed E-state index contributed by atoms with van der Waals surface area (Å²) < 4.78 is 2.37. The Morgan fingerprint density at radius 3 is 2.84 bits per heavy atom. The number of H-pyrrole nitrogens is 1. The van der Waals surface area contributed by atoms with Gasteiger partial charge in [0.1, 0.15) is 0 Å². The van der Waals surface area contributed by atoms with E-state index in [4.69, 9.17) is 23.8 Å². The Bertz CT molecular complexity index is 612. The summed E-state index contributed by atoms with van der Waals surface area (Å²) in [4.78, 5) is 0. The predicted molar refractivity (Wildman–Crippen MR) is 81.5 cm³/mol. The van der Waals surface area contributed by atoms with Gasteiger partial charge in [-0.2, -0.15) is 5.10 Å². The van der Waals surface area contributed by atoms with Crippen LogP contribution in [0, 0.1) is 4.77 Å². The van der Waals surface area contributed by atoms with Crippen LogP contribution < -0.4 is 5.43 Å². The monoisotopic (exact) mass is 294 g/mol. The molecule has 0 spiro atoms. The van der Waals surface area contributed by atoms with Crippen molar-refractivity contribution in [1.29, 1.82) is 0 Å². The molecule has 0 saturated heterocycles. The molecule has 0 saturated carbocycles. The molecule has 1 aromatic heterocycles. The number of hydrogen-bond acceptors (Lipinski definition) is 3. The van der Waals surface area contributed by atoms with Gasteiger partial charge >= 0.3 is 0 Å². The summed E-state index contributed by atoms with van der Waals surface area (Å²) in [5.74, 6) is 0.893. The van der Waals surface area contributed by atoms with Crippen LogP contribution in [0.1, 0.15) is 18.3 Å². The first-order chi connectivity index (χ1) is 9.20. The highest BCUT2D eigenvalue weighted by molar-refractivity contribution is 7.71. The molecule has 0 amide bonds. The Morgan fingerprint density at radius 2 is 2.16 bits per heavy atom. The molecule has 2 rings (SSSR count). The van der Waals surface area contributed by atoms with Gasteiger partial charge in [0, 0.05) is 18.0 Å². The van der Waals surface area contributed by atoms with E-state index in [0.717, 1.165) is 22.8 Å². The van der Waals surface area contributed by atoms with Gasteiger partial charge in [-0.3, -0.25) is 5.10 Å². The van der Waals surface area contributed by atoms with Crippen molar-refractivity contribution in [3.63, 3.8) is 0 Å². The van der Waals surface area contributed by atoms with Gasteiger partial charge in [0.25, 0.3) is 0 Å². The molecule has 1 heterocycles. The number of rotatable bonds is 5. The van der Waals surface area contributed by atoms with Gasteiger partial charge in [-0.05, 0) is 29.9 Å². The summed E-state index contributed by atoms with van der Waals surface area (Å²) in [5, 5.41) is 7.64. The molecule has 1 aromatic carbocycles. The summed E-state index contributed by atoms with van der Waals surface area (Å²) in [6, 6.07) is 7.69. The van der Waals surface area contributed by atoms with Crippen LogP contribution in [0.2, 0.25) is 5.02 Å². The molecule has 100 valence electrons. The minimum atomic E-state index is 0.580. The normalized spacial score (nSPS) is 11.1. The molecule has 4 nitrogen and oxygen atoms in total. The van der Waals surface area contributed by atoms with Crippen molar-refractivity contribution < 1.29 is 0 Å². The highest BCUT2D eigenvalue weighted by Gasteiger charge is 2.01. The van der Waals surface area contributed by atoms with Gasteiger partial charge in [-0.15, -0.1) is 0 Å². The number of nitrogens with one attached hydrogen (secondary N) is 2. The predicted octanol–water partition coefficient (Wildman–Crippen LogP) is 3.41. The number of hydrogen-bond donors (Lipinski definition) is 2. The Balaban J connectivity index is 1.94. The molecular weight excluding hydrogens is 280 g/mol. The van der Waals surface area contributed by atoms with Crippen molar-refractivity contribution in [3.05, 3.63) is 51.5 Å². The summed E-state index contributed by atoms with van der Waals surface area (Å²) in [6.07, 6.45) is 4.87. The minimum Gasteiger partial charge on any atom is -0.318 e. The third-order valence-electron chi connectivity index (χ3n) is 2.61. The fourth-order valence-electron chi connectivity index (χ4n) is 1.64. The van der Waals surface area contributed by atoms with E-state index >= 15 is 0 Å². The van der Waals surface area contributed by atoms with E-state index in [1.54, 1.807) is 4.68 Å². The zero-order valence-electron chi connectivity index (χ0n) is 10.6. The van der Waals surface area contributed by atoms with Crippen LogP contribution in [0.3, 0.4) is 0 Å². The van der Waals surface area contributed by atoms with Crippen molar-refractivity contribution in [3.8, 4) is 0 Å². The summed E-state index contributed by atoms with van der Waals surface area (Å²) in [6.45, 7) is 2.70. The largest absolute Gasteiger partial charge is 0.318 e. The van der Waals surface area contributed by atoms with Crippen LogP contribution in [0.25, 0.3) is 6.08 Å². The lowest BCUT2D eigenvalue weighted by molar-refractivity contribution is 0.792. The second-order valence-corrected chi connectivity index (χ2v) is 4.77. The molecular formula is C13H15ClN4S. The Kier molecular flexibility index (Phi) is 4.76. The van der Waals surface area contributed by atoms with E-state index in [0.29, 0.717) is 11.3 Å². The topological polar surface area (TPSA) is 45.6 Å². The summed E-state index contributed by atoms with van der Waals surface area (Å²) in [5.41, 5.74) is 4.31.